The van der Waals surface area contributed by atoms with Gasteiger partial charge >= 0.3 is 0 Å². The van der Waals surface area contributed by atoms with Gasteiger partial charge in [0.1, 0.15) is 54.5 Å². The van der Waals surface area contributed by atoms with E-state index in [0.29, 0.717) is 144 Å². The van der Waals surface area contributed by atoms with Crippen LogP contribution in [0.3, 0.4) is 0 Å². The summed E-state index contributed by atoms with van der Waals surface area (Å²) >= 11 is 0. The van der Waals surface area contributed by atoms with Crippen LogP contribution in [0, 0.1) is 0 Å². The molecule has 0 saturated carbocycles. The maximum absolute atomic E-state index is 12.6. The monoisotopic (exact) mass is 1550 g/mol. The zero-order valence-electron chi connectivity index (χ0n) is 59.1. The number of amidine groups is 4. The molecule has 29 nitrogen and oxygen atoms in total. The SMILES string of the molecule is CC(=O)c1ccc(N2CCN(C(=O)CCC3=NS(=O)(=O)c4ccccc4N3)CC2)cc1.CCOCCCCC(=O)CCC1=NS(=O)(=O)c2ccccc2N1.COCCCNC(=O)CCCC1=NS(=O)(=O)c2ccccc2N1.NS(=O)(=O)c1ccc(CCCC(=O)CCC2=NS(=O)(=O)c3ccccc3N2)cc1. The van der Waals surface area contributed by atoms with Crippen molar-refractivity contribution >= 4 is 131 Å². The summed E-state index contributed by atoms with van der Waals surface area (Å²) in [6, 6.07) is 40.1. The van der Waals surface area contributed by atoms with E-state index in [1.807, 2.05) is 31.2 Å². The number of Topliss-reactive ketones (excluding diaryl/α,β-unsaturated/α-hetero) is 3. The Balaban J connectivity index is 0.000000180. The summed E-state index contributed by atoms with van der Waals surface area (Å²) in [6.07, 6.45) is 7.17. The number of methoxy groups -OCH3 is 1. The Morgan fingerprint density at radius 3 is 1.32 bits per heavy atom. The molecule has 5 heterocycles. The third-order valence-electron chi connectivity index (χ3n) is 16.9. The van der Waals surface area contributed by atoms with Crippen molar-refractivity contribution in [3.8, 4) is 0 Å². The van der Waals surface area contributed by atoms with Gasteiger partial charge in [0.05, 0.1) is 27.6 Å². The van der Waals surface area contributed by atoms with Gasteiger partial charge in [0, 0.05) is 135 Å². The van der Waals surface area contributed by atoms with Gasteiger partial charge in [-0.15, -0.1) is 17.6 Å². The third kappa shape index (κ3) is 24.8. The lowest BCUT2D eigenvalue weighted by Crippen LogP contribution is -2.48. The molecule has 106 heavy (non-hydrogen) atoms. The van der Waals surface area contributed by atoms with Crippen molar-refractivity contribution in [2.45, 2.75) is 141 Å². The molecule has 5 aliphatic heterocycles. The smallest absolute Gasteiger partial charge is 0.286 e. The molecule has 0 aliphatic carbocycles. The van der Waals surface area contributed by atoms with E-state index in [-0.39, 0.29) is 97.4 Å². The number of carbonyl (C=O) groups excluding carboxylic acids is 5. The van der Waals surface area contributed by atoms with Gasteiger partial charge in [-0.2, -0.15) is 33.7 Å². The largest absolute Gasteiger partial charge is 0.385 e. The first-order valence-corrected chi connectivity index (χ1v) is 41.8. The highest BCUT2D eigenvalue weighted by molar-refractivity contribution is 7.91. The molecule has 0 spiro atoms. The molecule has 568 valence electrons. The highest BCUT2D eigenvalue weighted by atomic mass is 32.2. The Hall–Kier alpha value is -9.42. The zero-order valence-corrected chi connectivity index (χ0v) is 63.2. The van der Waals surface area contributed by atoms with Crippen LogP contribution in [0.1, 0.15) is 126 Å². The number of sulfonamides is 5. The summed E-state index contributed by atoms with van der Waals surface area (Å²) in [7, 11) is -16.9. The molecule has 0 unspecified atom stereocenters. The van der Waals surface area contributed by atoms with Crippen molar-refractivity contribution in [3.63, 3.8) is 0 Å². The van der Waals surface area contributed by atoms with Crippen molar-refractivity contribution < 1.29 is 75.5 Å². The van der Waals surface area contributed by atoms with Crippen LogP contribution in [0.25, 0.3) is 0 Å². The average Bonchev–Trinajstić information content (AvgIpc) is 0.797. The van der Waals surface area contributed by atoms with Gasteiger partial charge in [-0.3, -0.25) is 24.0 Å². The zero-order chi connectivity index (χ0) is 76.5. The summed E-state index contributed by atoms with van der Waals surface area (Å²) < 4.78 is 145. The van der Waals surface area contributed by atoms with E-state index in [2.05, 4.69) is 49.1 Å². The Bertz CT molecular complexity index is 4860. The second kappa shape index (κ2) is 38.7. The minimum atomic E-state index is -3.74. The number of carbonyl (C=O) groups is 5. The number of fused-ring (bicyclic) bond motifs is 4. The number of piperazine rings is 1. The molecule has 11 rings (SSSR count). The molecule has 34 heteroatoms. The van der Waals surface area contributed by atoms with E-state index >= 15 is 0 Å². The second-order valence-corrected chi connectivity index (χ2v) is 32.7. The van der Waals surface area contributed by atoms with Gasteiger partial charge in [-0.1, -0.05) is 60.7 Å². The molecule has 0 atom stereocenters. The maximum Gasteiger partial charge on any atom is 0.286 e. The fourth-order valence-corrected chi connectivity index (χ4v) is 16.5. The number of nitrogens with two attached hydrogens (primary N) is 1. The van der Waals surface area contributed by atoms with Crippen LogP contribution < -0.4 is 36.6 Å². The number of rotatable bonds is 30. The Kier molecular flexibility index (Phi) is 30.0. The topological polar surface area (TPSA) is 417 Å². The van der Waals surface area contributed by atoms with Gasteiger partial charge in [0.15, 0.2) is 5.78 Å². The molecule has 1 saturated heterocycles. The molecular weight excluding hydrogens is 1470 g/mol. The molecule has 0 aromatic heterocycles. The lowest BCUT2D eigenvalue weighted by Gasteiger charge is -2.36. The number of benzene rings is 6. The van der Waals surface area contributed by atoms with Crippen LogP contribution >= 0.6 is 0 Å². The standard InChI is InChI=1S/C22H24N4O4S.C19H21N3O5S2.C16H22N2O4S.C15H21N3O4S/c1-16(27)17-6-8-18(9-7-17)25-12-14-26(15-13-25)22(28)11-10-21-23-19-4-2-3-5-20(19)31(29,30)24-21;20-28(24,25)16-11-8-14(9-12-16)4-3-5-15(23)10-13-19-21-17-6-1-2-7-18(17)29(26,27)22-19;1-2-22-12-6-5-7-13(19)10-11-16-17-14-8-3-4-9-15(14)23(20,21)18-16;1-22-11-5-10-16-15(19)9-4-8-14-17-12-6-2-3-7-13(12)23(20,21)18-14/h2-9H,10-15H2,1H3,(H,23,24);1-2,6-9,11-12H,3-5,10,13H2,(H,21,22)(H2,20,24,25);3-4,8-9H,2,5-7,10-12H2,1H3,(H,17,18);2-3,6-7H,4-5,8-11H2,1H3,(H,16,19)(H,17,18). The van der Waals surface area contributed by atoms with E-state index in [4.69, 9.17) is 14.6 Å². The summed E-state index contributed by atoms with van der Waals surface area (Å²) in [5.74, 6) is 1.33. The Morgan fingerprint density at radius 1 is 0.481 bits per heavy atom. The highest BCUT2D eigenvalue weighted by Gasteiger charge is 2.30. The van der Waals surface area contributed by atoms with Crippen molar-refractivity contribution in [1.82, 2.24) is 10.2 Å². The van der Waals surface area contributed by atoms with E-state index in [9.17, 15) is 66.1 Å². The number of primary sulfonamides is 1. The Morgan fingerprint density at radius 2 is 0.896 bits per heavy atom. The number of ether oxygens (including phenoxy) is 2. The minimum absolute atomic E-state index is 0.00640. The van der Waals surface area contributed by atoms with Gasteiger partial charge in [0.25, 0.3) is 40.1 Å². The molecule has 0 bridgehead atoms. The maximum atomic E-state index is 12.6. The Labute approximate surface area is 619 Å². The van der Waals surface area contributed by atoms with Gasteiger partial charge in [-0.05, 0) is 143 Å². The van der Waals surface area contributed by atoms with Gasteiger partial charge < -0.3 is 45.9 Å². The van der Waals surface area contributed by atoms with Crippen LogP contribution in [-0.4, -0.2) is 159 Å². The lowest BCUT2D eigenvalue weighted by atomic mass is 10.0. The lowest BCUT2D eigenvalue weighted by molar-refractivity contribution is -0.131. The molecule has 0 radical (unpaired) electrons. The summed E-state index contributed by atoms with van der Waals surface area (Å²) in [5, 5.41) is 19.8. The van der Waals surface area contributed by atoms with E-state index in [0.717, 1.165) is 30.5 Å². The molecule has 5 aliphatic rings. The van der Waals surface area contributed by atoms with Crippen molar-refractivity contribution in [2.24, 2.45) is 22.7 Å². The summed E-state index contributed by atoms with van der Waals surface area (Å²) in [5.41, 5.74) is 4.62. The first-order chi connectivity index (χ1) is 50.5. The van der Waals surface area contributed by atoms with Crippen LogP contribution in [0.15, 0.2) is 188 Å². The first-order valence-electron chi connectivity index (χ1n) is 34.5. The van der Waals surface area contributed by atoms with Crippen molar-refractivity contribution in [2.75, 3.05) is 85.8 Å². The predicted molar refractivity (Wildman–Crippen MR) is 406 cm³/mol. The molecule has 6 aromatic carbocycles. The molecule has 6 aromatic rings. The van der Waals surface area contributed by atoms with E-state index in [1.54, 1.807) is 104 Å². The van der Waals surface area contributed by atoms with Crippen molar-refractivity contribution in [3.05, 3.63) is 157 Å². The number of amides is 2. The van der Waals surface area contributed by atoms with Crippen LogP contribution in [-0.2, 0) is 85.2 Å². The second-order valence-electron chi connectivity index (χ2n) is 24.8. The number of nitrogens with one attached hydrogen (secondary N) is 5. The van der Waals surface area contributed by atoms with Crippen LogP contribution in [0.4, 0.5) is 28.4 Å². The number of unbranched alkanes of at least 4 members (excludes halogenated alkanes) is 1. The fraction of sp³-hybridized carbons (Fsp3) is 0.375. The van der Waals surface area contributed by atoms with Gasteiger partial charge in [-0.25, -0.2) is 13.6 Å². The van der Waals surface area contributed by atoms with Gasteiger partial charge in [0.2, 0.25) is 21.8 Å². The number of hydrogen-bond acceptors (Lipinski definition) is 22. The fourth-order valence-electron chi connectivity index (χ4n) is 11.3. The number of hydrogen-bond donors (Lipinski definition) is 6. The van der Waals surface area contributed by atoms with Crippen LogP contribution in [0.2, 0.25) is 0 Å². The molecule has 1 fully saturated rings. The van der Waals surface area contributed by atoms with Crippen molar-refractivity contribution in [1.29, 1.82) is 0 Å². The van der Waals surface area contributed by atoms with Crippen LogP contribution in [0.5, 0.6) is 0 Å². The number of ketones is 3. The van der Waals surface area contributed by atoms with E-state index in [1.165, 1.54) is 36.4 Å². The quantitative estimate of drug-likeness (QED) is 0.0181. The molecule has 2 amide bonds. The third-order valence-corrected chi connectivity index (χ3v) is 23.3. The summed E-state index contributed by atoms with van der Waals surface area (Å²) in [4.78, 5) is 64.4. The highest BCUT2D eigenvalue weighted by Crippen LogP contribution is 2.32. The normalized spacial score (nSPS) is 15.9. The number of para-hydroxylation sites is 4. The number of nitrogens with zero attached hydrogens (tertiary/aromatic N) is 6. The average molecular weight is 1550 g/mol. The summed E-state index contributed by atoms with van der Waals surface area (Å²) in [6.45, 7) is 8.62. The number of anilines is 5. The molecule has 7 N–H and O–H groups in total. The minimum Gasteiger partial charge on any atom is -0.385 e. The van der Waals surface area contributed by atoms with E-state index < -0.39 is 50.1 Å². The first kappa shape index (κ1) is 82.2. The molecular formula is C72H88N12O17S5. The predicted octanol–water partition coefficient (Wildman–Crippen LogP) is 9.03. The number of aryl methyl sites for hydroxylation is 1.